The van der Waals surface area contributed by atoms with Crippen molar-refractivity contribution in [3.63, 3.8) is 0 Å². The maximum atomic E-state index is 11.0. The molecule has 7 heteroatoms. The first-order valence-electron chi connectivity index (χ1n) is 6.39. The summed E-state index contributed by atoms with van der Waals surface area (Å²) in [5.41, 5.74) is 6.50. The van der Waals surface area contributed by atoms with Crippen LogP contribution < -0.4 is 11.1 Å². The van der Waals surface area contributed by atoms with E-state index in [4.69, 9.17) is 15.7 Å². The lowest BCUT2D eigenvalue weighted by Crippen LogP contribution is -2.60. The molecule has 1 aromatic carbocycles. The van der Waals surface area contributed by atoms with Crippen LogP contribution in [-0.2, 0) is 4.74 Å². The summed E-state index contributed by atoms with van der Waals surface area (Å²) in [6.07, 6.45) is 0.664. The molecule has 1 aliphatic carbocycles. The second-order valence-corrected chi connectivity index (χ2v) is 4.66. The molecule has 0 radical (unpaired) electrons. The lowest BCUT2D eigenvalue weighted by Gasteiger charge is -2.42. The summed E-state index contributed by atoms with van der Waals surface area (Å²) in [5, 5.41) is 23.0. The topological polar surface area (TPSA) is 114 Å². The SMILES string of the molecule is CCOC1CC(N)C1Nc1cc(C#N)ccc1[N+](=O)[O-]. The molecule has 1 aromatic rings. The molecular weight excluding hydrogens is 260 g/mol. The molecule has 2 rings (SSSR count). The van der Waals surface area contributed by atoms with Gasteiger partial charge in [-0.15, -0.1) is 0 Å². The minimum Gasteiger partial charge on any atom is -0.376 e. The van der Waals surface area contributed by atoms with Crippen LogP contribution in [0.15, 0.2) is 18.2 Å². The van der Waals surface area contributed by atoms with E-state index in [-0.39, 0.29) is 23.9 Å². The summed E-state index contributed by atoms with van der Waals surface area (Å²) in [4.78, 5) is 10.5. The Balaban J connectivity index is 2.23. The zero-order valence-corrected chi connectivity index (χ0v) is 11.1. The third-order valence-electron chi connectivity index (χ3n) is 3.39. The smallest absolute Gasteiger partial charge is 0.292 e. The van der Waals surface area contributed by atoms with Crippen LogP contribution in [0.5, 0.6) is 0 Å². The van der Waals surface area contributed by atoms with Crippen molar-refractivity contribution in [1.29, 1.82) is 5.26 Å². The van der Waals surface area contributed by atoms with E-state index in [1.807, 2.05) is 13.0 Å². The minimum absolute atomic E-state index is 0.0552. The lowest BCUT2D eigenvalue weighted by molar-refractivity contribution is -0.384. The molecule has 1 aliphatic rings. The Morgan fingerprint density at radius 1 is 1.65 bits per heavy atom. The Kier molecular flexibility index (Phi) is 4.17. The molecule has 0 aromatic heterocycles. The predicted octanol–water partition coefficient (Wildman–Crippen LogP) is 1.38. The van der Waals surface area contributed by atoms with Gasteiger partial charge in [0.15, 0.2) is 0 Å². The zero-order valence-electron chi connectivity index (χ0n) is 11.1. The van der Waals surface area contributed by atoms with Crippen LogP contribution >= 0.6 is 0 Å². The second kappa shape index (κ2) is 5.86. The summed E-state index contributed by atoms with van der Waals surface area (Å²) >= 11 is 0. The van der Waals surface area contributed by atoms with E-state index in [9.17, 15) is 10.1 Å². The van der Waals surface area contributed by atoms with Crippen LogP contribution in [0.4, 0.5) is 11.4 Å². The summed E-state index contributed by atoms with van der Waals surface area (Å²) in [7, 11) is 0. The highest BCUT2D eigenvalue weighted by atomic mass is 16.6. The molecule has 3 N–H and O–H groups in total. The van der Waals surface area contributed by atoms with Crippen molar-refractivity contribution in [3.05, 3.63) is 33.9 Å². The van der Waals surface area contributed by atoms with E-state index in [2.05, 4.69) is 5.32 Å². The van der Waals surface area contributed by atoms with Crippen LogP contribution in [0.1, 0.15) is 18.9 Å². The molecule has 0 saturated heterocycles. The first-order chi connectivity index (χ1) is 9.56. The average molecular weight is 276 g/mol. The van der Waals surface area contributed by atoms with Crippen LogP contribution in [0, 0.1) is 21.4 Å². The standard InChI is InChI=1S/C13H16N4O3/c1-2-20-12-6-9(15)13(12)16-10-5-8(7-14)3-4-11(10)17(18)19/h3-5,9,12-13,16H,2,6,15H2,1H3. The number of nitro benzene ring substituents is 1. The molecule has 7 nitrogen and oxygen atoms in total. The molecule has 0 spiro atoms. The van der Waals surface area contributed by atoms with Crippen molar-refractivity contribution < 1.29 is 9.66 Å². The molecule has 0 bridgehead atoms. The zero-order chi connectivity index (χ0) is 14.7. The molecule has 106 valence electrons. The largest absolute Gasteiger partial charge is 0.376 e. The fourth-order valence-corrected chi connectivity index (χ4v) is 2.29. The van der Waals surface area contributed by atoms with Crippen molar-refractivity contribution in [2.24, 2.45) is 5.73 Å². The van der Waals surface area contributed by atoms with E-state index in [0.29, 0.717) is 17.9 Å². The van der Waals surface area contributed by atoms with Gasteiger partial charge in [-0.25, -0.2) is 0 Å². The summed E-state index contributed by atoms with van der Waals surface area (Å²) < 4.78 is 5.51. The van der Waals surface area contributed by atoms with Gasteiger partial charge in [-0.1, -0.05) is 0 Å². The number of nitrogens with two attached hydrogens (primary N) is 1. The van der Waals surface area contributed by atoms with Gasteiger partial charge in [0.2, 0.25) is 0 Å². The number of benzene rings is 1. The van der Waals surface area contributed by atoms with E-state index < -0.39 is 4.92 Å². The van der Waals surface area contributed by atoms with Gasteiger partial charge in [-0.2, -0.15) is 5.26 Å². The lowest BCUT2D eigenvalue weighted by atomic mass is 9.83. The molecule has 3 atom stereocenters. The Bertz CT molecular complexity index is 553. The minimum atomic E-state index is -0.483. The number of anilines is 1. The monoisotopic (exact) mass is 276 g/mol. The van der Waals surface area contributed by atoms with Gasteiger partial charge in [0.05, 0.1) is 28.7 Å². The molecule has 1 saturated carbocycles. The molecule has 20 heavy (non-hydrogen) atoms. The van der Waals surface area contributed by atoms with Crippen LogP contribution in [-0.4, -0.2) is 29.7 Å². The first kappa shape index (κ1) is 14.2. The fraction of sp³-hybridized carbons (Fsp3) is 0.462. The maximum Gasteiger partial charge on any atom is 0.292 e. The number of rotatable bonds is 5. The number of hydrogen-bond acceptors (Lipinski definition) is 6. The van der Waals surface area contributed by atoms with Crippen molar-refractivity contribution in [3.8, 4) is 6.07 Å². The van der Waals surface area contributed by atoms with Crippen LogP contribution in [0.25, 0.3) is 0 Å². The van der Waals surface area contributed by atoms with Gasteiger partial charge in [0.25, 0.3) is 5.69 Å². The Hall–Kier alpha value is -2.17. The van der Waals surface area contributed by atoms with Crippen molar-refractivity contribution in [1.82, 2.24) is 0 Å². The van der Waals surface area contributed by atoms with Gasteiger partial charge in [0.1, 0.15) is 5.69 Å². The second-order valence-electron chi connectivity index (χ2n) is 4.66. The maximum absolute atomic E-state index is 11.0. The van der Waals surface area contributed by atoms with Crippen molar-refractivity contribution in [2.75, 3.05) is 11.9 Å². The van der Waals surface area contributed by atoms with Gasteiger partial charge >= 0.3 is 0 Å². The van der Waals surface area contributed by atoms with E-state index in [1.165, 1.54) is 18.2 Å². The summed E-state index contributed by atoms with van der Waals surface area (Å²) in [5.74, 6) is 0. The normalized spacial score (nSPS) is 24.6. The highest BCUT2D eigenvalue weighted by Gasteiger charge is 2.40. The van der Waals surface area contributed by atoms with E-state index in [0.717, 1.165) is 6.42 Å². The molecule has 3 unspecified atom stereocenters. The number of ether oxygens (including phenoxy) is 1. The van der Waals surface area contributed by atoms with Crippen molar-refractivity contribution >= 4 is 11.4 Å². The molecule has 0 heterocycles. The van der Waals surface area contributed by atoms with Gasteiger partial charge in [-0.3, -0.25) is 10.1 Å². The number of nitrogens with zero attached hydrogens (tertiary/aromatic N) is 2. The van der Waals surface area contributed by atoms with E-state index in [1.54, 1.807) is 0 Å². The quantitative estimate of drug-likeness (QED) is 0.620. The third kappa shape index (κ3) is 2.71. The number of hydrogen-bond donors (Lipinski definition) is 2. The fourth-order valence-electron chi connectivity index (χ4n) is 2.29. The Labute approximate surface area is 116 Å². The predicted molar refractivity (Wildman–Crippen MR) is 73.2 cm³/mol. The highest BCUT2D eigenvalue weighted by Crippen LogP contribution is 2.31. The molecule has 0 amide bonds. The average Bonchev–Trinajstić information content (AvgIpc) is 2.44. The summed E-state index contributed by atoms with van der Waals surface area (Å²) in [6, 6.07) is 5.88. The number of nitriles is 1. The third-order valence-corrected chi connectivity index (χ3v) is 3.39. The Morgan fingerprint density at radius 3 is 2.95 bits per heavy atom. The first-order valence-corrected chi connectivity index (χ1v) is 6.39. The van der Waals surface area contributed by atoms with Crippen LogP contribution in [0.2, 0.25) is 0 Å². The molecular formula is C13H16N4O3. The Morgan fingerprint density at radius 2 is 2.40 bits per heavy atom. The number of nitro groups is 1. The summed E-state index contributed by atoms with van der Waals surface area (Å²) in [6.45, 7) is 2.45. The highest BCUT2D eigenvalue weighted by molar-refractivity contribution is 5.65. The van der Waals surface area contributed by atoms with E-state index >= 15 is 0 Å². The van der Waals surface area contributed by atoms with Gasteiger partial charge in [-0.05, 0) is 25.5 Å². The molecule has 0 aliphatic heterocycles. The van der Waals surface area contributed by atoms with Gasteiger partial charge < -0.3 is 15.8 Å². The van der Waals surface area contributed by atoms with Gasteiger partial charge in [0, 0.05) is 18.7 Å². The van der Waals surface area contributed by atoms with Crippen molar-refractivity contribution in [2.45, 2.75) is 31.5 Å². The molecule has 1 fully saturated rings. The van der Waals surface area contributed by atoms with Crippen LogP contribution in [0.3, 0.4) is 0 Å². The number of nitrogens with one attached hydrogen (secondary N) is 1.